The van der Waals surface area contributed by atoms with Gasteiger partial charge in [0, 0.05) is 37.0 Å². The number of hydrogen-bond acceptors (Lipinski definition) is 10. The summed E-state index contributed by atoms with van der Waals surface area (Å²) in [7, 11) is -3.45. The number of rotatable bonds is 6. The maximum Gasteiger partial charge on any atom is 0.261 e. The highest BCUT2D eigenvalue weighted by molar-refractivity contribution is 7.91. The number of furan rings is 1. The molecule has 1 fully saturated rings. The van der Waals surface area contributed by atoms with Crippen LogP contribution in [0.1, 0.15) is 29.2 Å². The lowest BCUT2D eigenvalue weighted by atomic mass is 10.1. The molecule has 6 heterocycles. The second-order valence-corrected chi connectivity index (χ2v) is 13.0. The Hall–Kier alpha value is -3.87. The zero-order valence-electron chi connectivity index (χ0n) is 22.1. The molecule has 1 aliphatic heterocycles. The van der Waals surface area contributed by atoms with Crippen LogP contribution in [-0.2, 0) is 21.1 Å². The number of pyridine rings is 3. The Kier molecular flexibility index (Phi) is 6.77. The van der Waals surface area contributed by atoms with Crippen molar-refractivity contribution in [3.05, 3.63) is 65.5 Å². The zero-order valence-corrected chi connectivity index (χ0v) is 23.8. The molecular weight excluding hydrogens is 550 g/mol. The summed E-state index contributed by atoms with van der Waals surface area (Å²) in [6, 6.07) is 13.2. The predicted octanol–water partition coefficient (Wildman–Crippen LogP) is 4.45. The van der Waals surface area contributed by atoms with E-state index < -0.39 is 9.84 Å². The van der Waals surface area contributed by atoms with E-state index in [1.54, 1.807) is 12.3 Å². The smallest absolute Gasteiger partial charge is 0.261 e. The van der Waals surface area contributed by atoms with Gasteiger partial charge < -0.3 is 19.4 Å². The van der Waals surface area contributed by atoms with Crippen molar-refractivity contribution >= 4 is 54.1 Å². The van der Waals surface area contributed by atoms with Gasteiger partial charge in [-0.1, -0.05) is 6.07 Å². The van der Waals surface area contributed by atoms with E-state index in [0.717, 1.165) is 58.8 Å². The summed E-state index contributed by atoms with van der Waals surface area (Å²) in [5, 5.41) is 3.72. The molecule has 0 aliphatic carbocycles. The maximum atomic E-state index is 12.8. The van der Waals surface area contributed by atoms with Crippen LogP contribution in [0.4, 0.5) is 5.82 Å². The van der Waals surface area contributed by atoms with E-state index in [2.05, 4.69) is 29.0 Å². The molecule has 1 saturated heterocycles. The summed E-state index contributed by atoms with van der Waals surface area (Å²) < 4.78 is 35.5. The minimum atomic E-state index is -3.45. The number of anilines is 1. The molecule has 0 spiro atoms. The molecular formula is C28H27N5O5S2. The Morgan fingerprint density at radius 3 is 2.65 bits per heavy atom. The number of aromatic nitrogens is 3. The van der Waals surface area contributed by atoms with Gasteiger partial charge in [-0.15, -0.1) is 11.3 Å². The maximum absolute atomic E-state index is 12.8. The van der Waals surface area contributed by atoms with E-state index in [1.807, 2.05) is 36.4 Å². The number of carbonyl (C=O) groups is 1. The van der Waals surface area contributed by atoms with Crippen LogP contribution in [-0.4, -0.2) is 60.8 Å². The molecule has 5 aromatic heterocycles. The van der Waals surface area contributed by atoms with Crippen LogP contribution in [0, 0.1) is 0 Å². The van der Waals surface area contributed by atoms with Crippen molar-refractivity contribution in [1.82, 2.24) is 20.3 Å². The monoisotopic (exact) mass is 577 g/mol. The summed E-state index contributed by atoms with van der Waals surface area (Å²) >= 11 is 1.08. The van der Waals surface area contributed by atoms with Crippen molar-refractivity contribution in [2.24, 2.45) is 0 Å². The second-order valence-electron chi connectivity index (χ2n) is 9.97. The van der Waals surface area contributed by atoms with Gasteiger partial charge in [0.15, 0.2) is 9.84 Å². The number of thiophene rings is 1. The fourth-order valence-corrected chi connectivity index (χ4v) is 6.98. The van der Waals surface area contributed by atoms with Crippen molar-refractivity contribution in [3.8, 4) is 11.4 Å². The molecule has 12 heteroatoms. The molecule has 0 radical (unpaired) electrons. The van der Waals surface area contributed by atoms with Crippen molar-refractivity contribution in [1.29, 1.82) is 0 Å². The molecule has 1 amide bonds. The standard InChI is InChI=1S/C28H27N5O5S2/c1-16-13-33(14-17(2)38-16)26-6-4-5-20(32-26)21-8-7-18-11-29-19(9-22(18)31-21)12-30-28(34)24-10-23-27(39-24)25(15-37-23)40(3,35)36/h4-11,15-17H,12-14H2,1-3H3,(H,30,34)/t16-,17+. The van der Waals surface area contributed by atoms with Gasteiger partial charge in [-0.25, -0.2) is 18.4 Å². The SMILES string of the molecule is C[C@@H]1CN(c2cccc(-c3ccc4cnc(CNC(=O)c5cc6occ(S(C)(=O)=O)c6s5)cc4n3)n2)C[C@H](C)O1. The molecule has 0 unspecified atom stereocenters. The van der Waals surface area contributed by atoms with Crippen LogP contribution >= 0.6 is 11.3 Å². The first-order valence-corrected chi connectivity index (χ1v) is 15.5. The van der Waals surface area contributed by atoms with Gasteiger partial charge in [0.2, 0.25) is 0 Å². The third kappa shape index (κ3) is 5.29. The molecule has 40 heavy (non-hydrogen) atoms. The van der Waals surface area contributed by atoms with E-state index >= 15 is 0 Å². The van der Waals surface area contributed by atoms with Crippen LogP contribution in [0.2, 0.25) is 0 Å². The minimum absolute atomic E-state index is 0.0821. The Morgan fingerprint density at radius 2 is 1.88 bits per heavy atom. The number of sulfone groups is 1. The summed E-state index contributed by atoms with van der Waals surface area (Å²) in [5.41, 5.74) is 3.26. The number of carbonyl (C=O) groups excluding carboxylic acids is 1. The van der Waals surface area contributed by atoms with Gasteiger partial charge in [0.05, 0.1) is 50.9 Å². The first-order chi connectivity index (χ1) is 19.1. The van der Waals surface area contributed by atoms with E-state index in [4.69, 9.17) is 19.1 Å². The normalized spacial score (nSPS) is 17.9. The molecule has 0 saturated carbocycles. The first kappa shape index (κ1) is 26.4. The summed E-state index contributed by atoms with van der Waals surface area (Å²) in [6.45, 7) is 5.88. The van der Waals surface area contributed by atoms with Crippen LogP contribution in [0.3, 0.4) is 0 Å². The van der Waals surface area contributed by atoms with Crippen molar-refractivity contribution < 1.29 is 22.4 Å². The average molecular weight is 578 g/mol. The third-order valence-corrected chi connectivity index (χ3v) is 9.02. The third-order valence-electron chi connectivity index (χ3n) is 6.64. The number of ether oxygens (including phenoxy) is 1. The van der Waals surface area contributed by atoms with Crippen LogP contribution in [0.5, 0.6) is 0 Å². The van der Waals surface area contributed by atoms with Crippen LogP contribution in [0.15, 0.2) is 64.2 Å². The lowest BCUT2D eigenvalue weighted by Gasteiger charge is -2.36. The van der Waals surface area contributed by atoms with Crippen LogP contribution < -0.4 is 10.2 Å². The van der Waals surface area contributed by atoms with Crippen molar-refractivity contribution in [3.63, 3.8) is 0 Å². The highest BCUT2D eigenvalue weighted by Crippen LogP contribution is 2.33. The second kappa shape index (κ2) is 10.3. The van der Waals surface area contributed by atoms with Gasteiger partial charge in [0.25, 0.3) is 5.91 Å². The number of morpholine rings is 1. The van der Waals surface area contributed by atoms with Gasteiger partial charge in [0.1, 0.15) is 22.6 Å². The van der Waals surface area contributed by atoms with Crippen molar-refractivity contribution in [2.75, 3.05) is 24.2 Å². The van der Waals surface area contributed by atoms with Gasteiger partial charge in [-0.2, -0.15) is 0 Å². The first-order valence-electron chi connectivity index (χ1n) is 12.8. The minimum Gasteiger partial charge on any atom is -0.462 e. The Balaban J connectivity index is 1.20. The van der Waals surface area contributed by atoms with Crippen LogP contribution in [0.25, 0.3) is 32.6 Å². The quantitative estimate of drug-likeness (QED) is 0.311. The average Bonchev–Trinajstić information content (AvgIpc) is 3.52. The molecule has 5 aromatic rings. The Labute approximate surface area is 234 Å². The lowest BCUT2D eigenvalue weighted by molar-refractivity contribution is -0.00545. The molecule has 0 aromatic carbocycles. The topological polar surface area (TPSA) is 128 Å². The largest absolute Gasteiger partial charge is 0.462 e. The number of nitrogens with zero attached hydrogens (tertiary/aromatic N) is 4. The van der Waals surface area contributed by atoms with Gasteiger partial charge >= 0.3 is 0 Å². The molecule has 1 aliphatic rings. The fraction of sp³-hybridized carbons (Fsp3) is 0.286. The molecule has 10 nitrogen and oxygen atoms in total. The lowest BCUT2D eigenvalue weighted by Crippen LogP contribution is -2.45. The fourth-order valence-electron chi connectivity index (χ4n) is 4.83. The zero-order chi connectivity index (χ0) is 28.0. The molecule has 206 valence electrons. The van der Waals surface area contributed by atoms with E-state index in [0.29, 0.717) is 20.9 Å². The summed E-state index contributed by atoms with van der Waals surface area (Å²) in [6.07, 6.45) is 4.31. The summed E-state index contributed by atoms with van der Waals surface area (Å²) in [5.74, 6) is 0.552. The highest BCUT2D eigenvalue weighted by atomic mass is 32.2. The number of amides is 1. The van der Waals surface area contributed by atoms with Crippen molar-refractivity contribution in [2.45, 2.75) is 37.5 Å². The van der Waals surface area contributed by atoms with E-state index in [1.165, 1.54) is 6.26 Å². The van der Waals surface area contributed by atoms with E-state index in [-0.39, 0.29) is 29.6 Å². The molecule has 6 rings (SSSR count). The Morgan fingerprint density at radius 1 is 1.10 bits per heavy atom. The number of nitrogens with one attached hydrogen (secondary N) is 1. The highest BCUT2D eigenvalue weighted by Gasteiger charge is 2.24. The summed E-state index contributed by atoms with van der Waals surface area (Å²) in [4.78, 5) is 29.7. The molecule has 1 N–H and O–H groups in total. The number of fused-ring (bicyclic) bond motifs is 2. The van der Waals surface area contributed by atoms with Gasteiger partial charge in [-0.05, 0) is 44.2 Å². The Bertz CT molecular complexity index is 1840. The number of hydrogen-bond donors (Lipinski definition) is 1. The molecule has 2 atom stereocenters. The van der Waals surface area contributed by atoms with E-state index in [9.17, 15) is 13.2 Å². The van der Waals surface area contributed by atoms with Gasteiger partial charge in [-0.3, -0.25) is 9.78 Å². The predicted molar refractivity (Wildman–Crippen MR) is 153 cm³/mol. The molecule has 0 bridgehead atoms.